The molecule has 0 spiro atoms. The number of nitrogens with two attached hydrogens (primary N) is 1. The van der Waals surface area contributed by atoms with Gasteiger partial charge in [-0.05, 0) is 37.0 Å². The van der Waals surface area contributed by atoms with E-state index in [9.17, 15) is 4.79 Å². The van der Waals surface area contributed by atoms with Crippen LogP contribution in [0.4, 0.5) is 5.82 Å². The van der Waals surface area contributed by atoms with Crippen molar-refractivity contribution in [1.82, 2.24) is 24.8 Å². The zero-order chi connectivity index (χ0) is 24.1. The van der Waals surface area contributed by atoms with Crippen molar-refractivity contribution < 1.29 is 4.79 Å². The van der Waals surface area contributed by atoms with Gasteiger partial charge in [-0.1, -0.05) is 48.5 Å². The predicted octanol–water partition coefficient (Wildman–Crippen LogP) is 4.90. The van der Waals surface area contributed by atoms with E-state index >= 15 is 0 Å². The van der Waals surface area contributed by atoms with Crippen LogP contribution in [0, 0.1) is 12.8 Å². The van der Waals surface area contributed by atoms with E-state index < -0.39 is 0 Å². The van der Waals surface area contributed by atoms with E-state index in [-0.39, 0.29) is 17.9 Å². The molecular formula is C28H26N6O. The topological polar surface area (TPSA) is 98.7 Å². The molecule has 0 saturated heterocycles. The maximum atomic E-state index is 12.0. The number of carbonyl (C=O) groups excluding carboxylic acids is 1. The first-order valence-corrected chi connectivity index (χ1v) is 11.8. The molecule has 5 aromatic rings. The van der Waals surface area contributed by atoms with E-state index in [0.717, 1.165) is 62.7 Å². The van der Waals surface area contributed by atoms with E-state index in [2.05, 4.69) is 69.4 Å². The number of fused-ring (bicyclic) bond motifs is 2. The average Bonchev–Trinajstić information content (AvgIpc) is 3.24. The largest absolute Gasteiger partial charge is 0.383 e. The van der Waals surface area contributed by atoms with E-state index in [1.54, 1.807) is 7.05 Å². The highest BCUT2D eigenvalue weighted by atomic mass is 16.1. The standard InChI is InChI=1S/C28H26N6O/c1-16-21(10-8-18-9-11-23(33-25(16)18)17-6-4-3-5-7-17)22-14-34(20-12-19(13-20)28(35)30-2)27-24(22)26(29)31-15-32-27/h3-11,14-15,19-20H,12-13H2,1-2H3,(H,30,35)(H2,29,31,32). The smallest absolute Gasteiger partial charge is 0.223 e. The van der Waals surface area contributed by atoms with Crippen molar-refractivity contribution in [1.29, 1.82) is 0 Å². The number of hydrogen-bond donors (Lipinski definition) is 2. The van der Waals surface area contributed by atoms with Gasteiger partial charge in [0.2, 0.25) is 5.91 Å². The predicted molar refractivity (Wildman–Crippen MR) is 139 cm³/mol. The minimum absolute atomic E-state index is 0.0353. The molecule has 3 heterocycles. The summed E-state index contributed by atoms with van der Waals surface area (Å²) in [7, 11) is 1.69. The summed E-state index contributed by atoms with van der Waals surface area (Å²) in [5, 5.41) is 4.69. The second-order valence-electron chi connectivity index (χ2n) is 9.22. The number of pyridine rings is 1. The Balaban J connectivity index is 1.49. The fourth-order valence-electron chi connectivity index (χ4n) is 5.22. The first kappa shape index (κ1) is 21.3. The van der Waals surface area contributed by atoms with E-state index in [0.29, 0.717) is 5.82 Å². The Morgan fingerprint density at radius 2 is 1.80 bits per heavy atom. The molecule has 2 aromatic carbocycles. The second-order valence-corrected chi connectivity index (χ2v) is 9.22. The quantitative estimate of drug-likeness (QED) is 0.396. The van der Waals surface area contributed by atoms with Gasteiger partial charge in [-0.25, -0.2) is 15.0 Å². The zero-order valence-corrected chi connectivity index (χ0v) is 19.7. The number of benzene rings is 2. The Bertz CT molecular complexity index is 1580. The maximum absolute atomic E-state index is 12.0. The van der Waals surface area contributed by atoms with Crippen molar-refractivity contribution in [3.8, 4) is 22.4 Å². The number of carbonyl (C=O) groups is 1. The first-order valence-electron chi connectivity index (χ1n) is 11.8. The van der Waals surface area contributed by atoms with Crippen LogP contribution in [-0.4, -0.2) is 32.5 Å². The van der Waals surface area contributed by atoms with Crippen LogP contribution in [0.5, 0.6) is 0 Å². The molecule has 174 valence electrons. The lowest BCUT2D eigenvalue weighted by molar-refractivity contribution is -0.128. The normalized spacial score (nSPS) is 17.4. The van der Waals surface area contributed by atoms with Crippen molar-refractivity contribution in [2.75, 3.05) is 12.8 Å². The molecule has 1 aliphatic carbocycles. The minimum atomic E-state index is 0.0353. The van der Waals surface area contributed by atoms with Crippen molar-refractivity contribution in [2.24, 2.45) is 5.92 Å². The maximum Gasteiger partial charge on any atom is 0.223 e. The lowest BCUT2D eigenvalue weighted by Gasteiger charge is -2.35. The summed E-state index contributed by atoms with van der Waals surface area (Å²) in [6, 6.07) is 18.8. The van der Waals surface area contributed by atoms with E-state index in [4.69, 9.17) is 10.7 Å². The first-order chi connectivity index (χ1) is 17.0. The highest BCUT2D eigenvalue weighted by Crippen LogP contribution is 2.44. The van der Waals surface area contributed by atoms with Gasteiger partial charge < -0.3 is 15.6 Å². The van der Waals surface area contributed by atoms with Gasteiger partial charge in [0, 0.05) is 41.7 Å². The summed E-state index contributed by atoms with van der Waals surface area (Å²) >= 11 is 0. The van der Waals surface area contributed by atoms with Crippen LogP contribution in [0.15, 0.2) is 67.1 Å². The number of aryl methyl sites for hydroxylation is 1. The summed E-state index contributed by atoms with van der Waals surface area (Å²) in [5.74, 6) is 0.585. The van der Waals surface area contributed by atoms with Gasteiger partial charge in [-0.2, -0.15) is 0 Å². The number of anilines is 1. The van der Waals surface area contributed by atoms with Gasteiger partial charge in [-0.3, -0.25) is 4.79 Å². The number of nitrogen functional groups attached to an aromatic ring is 1. The van der Waals surface area contributed by atoms with Crippen molar-refractivity contribution in [3.05, 3.63) is 72.7 Å². The van der Waals surface area contributed by atoms with Crippen molar-refractivity contribution in [2.45, 2.75) is 25.8 Å². The number of amides is 1. The van der Waals surface area contributed by atoms with Crippen molar-refractivity contribution >= 4 is 33.7 Å². The molecule has 0 radical (unpaired) electrons. The second kappa shape index (κ2) is 8.20. The van der Waals surface area contributed by atoms with Crippen LogP contribution in [0.2, 0.25) is 0 Å². The van der Waals surface area contributed by atoms with E-state index in [1.165, 1.54) is 6.33 Å². The van der Waals surface area contributed by atoms with Crippen LogP contribution >= 0.6 is 0 Å². The SMILES string of the molecule is CNC(=O)C1CC(n2cc(-c3ccc4ccc(-c5ccccc5)nc4c3C)c3c(N)ncnc32)C1. The molecule has 6 rings (SSSR count). The number of nitrogens with one attached hydrogen (secondary N) is 1. The van der Waals surface area contributed by atoms with Gasteiger partial charge in [-0.15, -0.1) is 0 Å². The number of hydrogen-bond acceptors (Lipinski definition) is 5. The zero-order valence-electron chi connectivity index (χ0n) is 19.7. The fraction of sp³-hybridized carbons (Fsp3) is 0.214. The van der Waals surface area contributed by atoms with Gasteiger partial charge in [0.1, 0.15) is 17.8 Å². The Kier molecular flexibility index (Phi) is 4.99. The molecule has 1 fully saturated rings. The Morgan fingerprint density at radius 3 is 2.57 bits per heavy atom. The molecular weight excluding hydrogens is 436 g/mol. The molecule has 0 atom stereocenters. The third-order valence-corrected chi connectivity index (χ3v) is 7.24. The Morgan fingerprint density at radius 1 is 1.03 bits per heavy atom. The summed E-state index contributed by atoms with van der Waals surface area (Å²) < 4.78 is 2.17. The summed E-state index contributed by atoms with van der Waals surface area (Å²) in [6.07, 6.45) is 5.19. The van der Waals surface area contributed by atoms with Crippen LogP contribution in [-0.2, 0) is 4.79 Å². The summed E-state index contributed by atoms with van der Waals surface area (Å²) in [6.45, 7) is 2.10. The lowest BCUT2D eigenvalue weighted by atomic mass is 9.79. The van der Waals surface area contributed by atoms with Crippen molar-refractivity contribution in [3.63, 3.8) is 0 Å². The molecule has 0 aliphatic heterocycles. The molecule has 35 heavy (non-hydrogen) atoms. The monoisotopic (exact) mass is 462 g/mol. The van der Waals surface area contributed by atoms with Gasteiger partial charge in [0.05, 0.1) is 16.6 Å². The Labute approximate surface area is 203 Å². The van der Waals surface area contributed by atoms with Crippen LogP contribution in [0.25, 0.3) is 44.3 Å². The molecule has 3 aromatic heterocycles. The number of nitrogens with zero attached hydrogens (tertiary/aromatic N) is 4. The minimum Gasteiger partial charge on any atom is -0.383 e. The highest BCUT2D eigenvalue weighted by molar-refractivity contribution is 6.03. The molecule has 7 nitrogen and oxygen atoms in total. The van der Waals surface area contributed by atoms with Crippen LogP contribution in [0.3, 0.4) is 0 Å². The van der Waals surface area contributed by atoms with E-state index in [1.807, 2.05) is 18.2 Å². The molecule has 1 amide bonds. The molecule has 0 unspecified atom stereocenters. The lowest BCUT2D eigenvalue weighted by Crippen LogP contribution is -2.37. The van der Waals surface area contributed by atoms with Crippen LogP contribution < -0.4 is 11.1 Å². The number of aromatic nitrogens is 4. The summed E-state index contributed by atoms with van der Waals surface area (Å²) in [4.78, 5) is 25.9. The highest BCUT2D eigenvalue weighted by Gasteiger charge is 2.36. The third kappa shape index (κ3) is 3.43. The molecule has 3 N–H and O–H groups in total. The third-order valence-electron chi connectivity index (χ3n) is 7.24. The fourth-order valence-corrected chi connectivity index (χ4v) is 5.22. The van der Waals surface area contributed by atoms with Gasteiger partial charge >= 0.3 is 0 Å². The molecule has 1 saturated carbocycles. The molecule has 0 bridgehead atoms. The number of rotatable bonds is 4. The Hall–Kier alpha value is -4.26. The van der Waals surface area contributed by atoms with Crippen LogP contribution in [0.1, 0.15) is 24.4 Å². The molecule has 1 aliphatic rings. The van der Waals surface area contributed by atoms with Gasteiger partial charge in [0.15, 0.2) is 0 Å². The average molecular weight is 463 g/mol. The summed E-state index contributed by atoms with van der Waals surface area (Å²) in [5.41, 5.74) is 13.3. The van der Waals surface area contributed by atoms with Gasteiger partial charge in [0.25, 0.3) is 0 Å². The molecule has 7 heteroatoms.